The number of rotatable bonds is 4. The smallest absolute Gasteiger partial charge is 0.0917 e. The lowest BCUT2D eigenvalue weighted by Gasteiger charge is -2.16. The molecule has 1 aromatic carbocycles. The molecule has 0 amide bonds. The fourth-order valence-electron chi connectivity index (χ4n) is 2.45. The Kier molecular flexibility index (Phi) is 2.67. The third-order valence-corrected chi connectivity index (χ3v) is 3.43. The monoisotopic (exact) mass is 220 g/mol. The van der Waals surface area contributed by atoms with Crippen LogP contribution in [0.4, 0.5) is 0 Å². The first kappa shape index (κ1) is 10.3. The van der Waals surface area contributed by atoms with Crippen LogP contribution in [0.5, 0.6) is 0 Å². The molecular weight excluding hydrogens is 204 g/mol. The van der Waals surface area contributed by atoms with Crippen molar-refractivity contribution < 1.29 is 14.6 Å². The Morgan fingerprint density at radius 3 is 2.81 bits per heavy atom. The van der Waals surface area contributed by atoms with Crippen LogP contribution in [0, 0.1) is 5.92 Å². The molecule has 1 aliphatic heterocycles. The van der Waals surface area contributed by atoms with Gasteiger partial charge in [0.05, 0.1) is 31.5 Å². The van der Waals surface area contributed by atoms with E-state index < -0.39 is 0 Å². The summed E-state index contributed by atoms with van der Waals surface area (Å²) in [5.41, 5.74) is 1.17. The summed E-state index contributed by atoms with van der Waals surface area (Å²) in [5.74, 6) is 0.175. The van der Waals surface area contributed by atoms with Crippen molar-refractivity contribution in [3.63, 3.8) is 0 Å². The maximum atomic E-state index is 9.73. The largest absolute Gasteiger partial charge is 0.393 e. The summed E-state index contributed by atoms with van der Waals surface area (Å²) in [6, 6.07) is 10.1. The molecule has 0 aromatic heterocycles. The van der Waals surface area contributed by atoms with Crippen LogP contribution < -0.4 is 0 Å². The number of hydrogen-bond donors (Lipinski definition) is 1. The summed E-state index contributed by atoms with van der Waals surface area (Å²) in [7, 11) is 0. The van der Waals surface area contributed by atoms with Gasteiger partial charge in [-0.3, -0.25) is 0 Å². The van der Waals surface area contributed by atoms with E-state index in [1.165, 1.54) is 5.56 Å². The highest BCUT2D eigenvalue weighted by Crippen LogP contribution is 2.43. The Morgan fingerprint density at radius 1 is 1.31 bits per heavy atom. The van der Waals surface area contributed by atoms with E-state index in [9.17, 15) is 5.11 Å². The van der Waals surface area contributed by atoms with Gasteiger partial charge in [-0.05, 0) is 5.56 Å². The third-order valence-electron chi connectivity index (χ3n) is 3.43. The number of aliphatic hydroxyl groups is 1. The van der Waals surface area contributed by atoms with Crippen LogP contribution in [0.2, 0.25) is 0 Å². The Bertz CT molecular complexity index is 349. The van der Waals surface area contributed by atoms with E-state index in [2.05, 4.69) is 0 Å². The molecule has 1 saturated carbocycles. The highest BCUT2D eigenvalue weighted by Gasteiger charge is 2.55. The predicted octanol–water partition coefficient (Wildman–Crippen LogP) is 1.35. The van der Waals surface area contributed by atoms with Gasteiger partial charge in [-0.15, -0.1) is 0 Å². The molecule has 16 heavy (non-hydrogen) atoms. The second-order valence-electron chi connectivity index (χ2n) is 4.61. The van der Waals surface area contributed by atoms with Crippen molar-refractivity contribution in [2.45, 2.75) is 31.3 Å². The first-order valence-corrected chi connectivity index (χ1v) is 5.80. The topological polar surface area (TPSA) is 42.0 Å². The van der Waals surface area contributed by atoms with Gasteiger partial charge in [0.1, 0.15) is 0 Å². The molecule has 1 heterocycles. The van der Waals surface area contributed by atoms with Gasteiger partial charge in [0.15, 0.2) is 0 Å². The molecule has 86 valence electrons. The molecule has 0 radical (unpaired) electrons. The first-order chi connectivity index (χ1) is 7.84. The van der Waals surface area contributed by atoms with Crippen molar-refractivity contribution in [2.75, 3.05) is 6.61 Å². The molecule has 0 bridgehead atoms. The molecule has 0 spiro atoms. The van der Waals surface area contributed by atoms with Crippen molar-refractivity contribution in [1.82, 2.24) is 0 Å². The van der Waals surface area contributed by atoms with Gasteiger partial charge in [-0.1, -0.05) is 30.3 Å². The Hall–Kier alpha value is -0.900. The fourth-order valence-corrected chi connectivity index (χ4v) is 2.45. The van der Waals surface area contributed by atoms with Crippen LogP contribution in [-0.2, 0) is 16.1 Å². The molecule has 3 nitrogen and oxygen atoms in total. The molecule has 4 atom stereocenters. The maximum absolute atomic E-state index is 9.73. The number of epoxide rings is 1. The van der Waals surface area contributed by atoms with Gasteiger partial charge in [-0.25, -0.2) is 0 Å². The number of fused-ring (bicyclic) bond motifs is 1. The maximum Gasteiger partial charge on any atom is 0.0917 e. The van der Waals surface area contributed by atoms with Crippen LogP contribution in [0.25, 0.3) is 0 Å². The SMILES string of the molecule is O[C@H]1C[C@@H]2O[C@@H]2[C@@H]1COCc1ccccc1. The summed E-state index contributed by atoms with van der Waals surface area (Å²) in [6.07, 6.45) is 1.11. The van der Waals surface area contributed by atoms with E-state index in [1.54, 1.807) is 0 Å². The molecular formula is C13H16O3. The lowest BCUT2D eigenvalue weighted by molar-refractivity contribution is 0.00570. The average molecular weight is 220 g/mol. The van der Waals surface area contributed by atoms with Crippen LogP contribution in [0.3, 0.4) is 0 Å². The van der Waals surface area contributed by atoms with E-state index >= 15 is 0 Å². The molecule has 3 heteroatoms. The molecule has 2 fully saturated rings. The zero-order chi connectivity index (χ0) is 11.0. The minimum Gasteiger partial charge on any atom is -0.393 e. The van der Waals surface area contributed by atoms with Gasteiger partial charge in [0.2, 0.25) is 0 Å². The molecule has 1 N–H and O–H groups in total. The average Bonchev–Trinajstić information content (AvgIpc) is 2.98. The highest BCUT2D eigenvalue weighted by atomic mass is 16.6. The van der Waals surface area contributed by atoms with E-state index in [0.717, 1.165) is 6.42 Å². The molecule has 3 rings (SSSR count). The van der Waals surface area contributed by atoms with E-state index in [-0.39, 0.29) is 18.1 Å². The first-order valence-electron chi connectivity index (χ1n) is 5.80. The minimum absolute atomic E-state index is 0.175. The minimum atomic E-state index is -0.237. The number of aliphatic hydroxyl groups excluding tert-OH is 1. The second kappa shape index (κ2) is 4.17. The number of ether oxygens (including phenoxy) is 2. The molecule has 1 saturated heterocycles. The van der Waals surface area contributed by atoms with Crippen molar-refractivity contribution in [1.29, 1.82) is 0 Å². The molecule has 1 aliphatic carbocycles. The Balaban J connectivity index is 1.47. The number of hydrogen-bond acceptors (Lipinski definition) is 3. The van der Waals surface area contributed by atoms with Gasteiger partial charge >= 0.3 is 0 Å². The van der Waals surface area contributed by atoms with Gasteiger partial charge in [-0.2, -0.15) is 0 Å². The summed E-state index contributed by atoms with van der Waals surface area (Å²) >= 11 is 0. The number of benzene rings is 1. The quantitative estimate of drug-likeness (QED) is 0.779. The van der Waals surface area contributed by atoms with E-state index in [1.807, 2.05) is 30.3 Å². The van der Waals surface area contributed by atoms with E-state index in [4.69, 9.17) is 9.47 Å². The zero-order valence-electron chi connectivity index (χ0n) is 9.08. The van der Waals surface area contributed by atoms with Crippen molar-refractivity contribution >= 4 is 0 Å². The van der Waals surface area contributed by atoms with E-state index in [0.29, 0.717) is 19.3 Å². The van der Waals surface area contributed by atoms with Gasteiger partial charge < -0.3 is 14.6 Å². The van der Waals surface area contributed by atoms with Gasteiger partial charge in [0.25, 0.3) is 0 Å². The van der Waals surface area contributed by atoms with Gasteiger partial charge in [0, 0.05) is 12.3 Å². The lowest BCUT2D eigenvalue weighted by Crippen LogP contribution is -2.25. The van der Waals surface area contributed by atoms with Crippen LogP contribution in [0.15, 0.2) is 30.3 Å². The van der Waals surface area contributed by atoms with Crippen LogP contribution in [0.1, 0.15) is 12.0 Å². The molecule has 1 aromatic rings. The summed E-state index contributed by atoms with van der Waals surface area (Å²) in [6.45, 7) is 1.21. The summed E-state index contributed by atoms with van der Waals surface area (Å²) in [4.78, 5) is 0. The van der Waals surface area contributed by atoms with Crippen LogP contribution in [-0.4, -0.2) is 30.0 Å². The lowest BCUT2D eigenvalue weighted by atomic mass is 10.1. The highest BCUT2D eigenvalue weighted by molar-refractivity contribution is 5.13. The van der Waals surface area contributed by atoms with Crippen LogP contribution >= 0.6 is 0 Å². The summed E-state index contributed by atoms with van der Waals surface area (Å²) < 4.78 is 11.0. The molecule has 0 unspecified atom stereocenters. The van der Waals surface area contributed by atoms with Crippen molar-refractivity contribution in [3.05, 3.63) is 35.9 Å². The standard InChI is InChI=1S/C13H16O3/c14-11-6-12-13(16-12)10(11)8-15-7-9-4-2-1-3-5-9/h1-5,10-14H,6-8H2/t10-,11+,12+,13-/m1/s1. The normalized spacial score (nSPS) is 36.1. The third kappa shape index (κ3) is 1.98. The summed E-state index contributed by atoms with van der Waals surface area (Å²) in [5, 5.41) is 9.73. The van der Waals surface area contributed by atoms with Crippen molar-refractivity contribution in [3.8, 4) is 0 Å². The fraction of sp³-hybridized carbons (Fsp3) is 0.538. The van der Waals surface area contributed by atoms with Crippen molar-refractivity contribution in [2.24, 2.45) is 5.92 Å². The Labute approximate surface area is 95.0 Å². The molecule has 2 aliphatic rings. The zero-order valence-corrected chi connectivity index (χ0v) is 9.08. The Morgan fingerprint density at radius 2 is 2.12 bits per heavy atom. The second-order valence-corrected chi connectivity index (χ2v) is 4.61. The predicted molar refractivity (Wildman–Crippen MR) is 58.9 cm³/mol.